The number of para-hydroxylation sites is 1. The fraction of sp³-hybridized carbons (Fsp3) is 0.414. The van der Waals surface area contributed by atoms with Crippen LogP contribution in [0.4, 0.5) is 5.13 Å². The number of aromatic nitrogens is 1. The number of hydrogen-bond acceptors (Lipinski definition) is 6. The number of rotatable bonds is 7. The third-order valence-corrected chi connectivity index (χ3v) is 8.35. The zero-order valence-electron chi connectivity index (χ0n) is 21.4. The molecule has 2 aliphatic rings. The monoisotopic (exact) mass is 519 g/mol. The Morgan fingerprint density at radius 2 is 1.81 bits per heavy atom. The fourth-order valence-corrected chi connectivity index (χ4v) is 6.02. The highest BCUT2D eigenvalue weighted by atomic mass is 32.1. The Hall–Kier alpha value is -3.39. The second-order valence-electron chi connectivity index (χ2n) is 10.00. The maximum absolute atomic E-state index is 12.8. The lowest BCUT2D eigenvalue weighted by atomic mass is 9.97. The van der Waals surface area contributed by atoms with Crippen molar-refractivity contribution in [1.82, 2.24) is 9.88 Å². The van der Waals surface area contributed by atoms with Gasteiger partial charge in [0.15, 0.2) is 5.13 Å². The number of amides is 1. The Bertz CT molecular complexity index is 1290. The minimum atomic E-state index is -0.705. The zero-order chi connectivity index (χ0) is 25.9. The summed E-state index contributed by atoms with van der Waals surface area (Å²) in [5, 5.41) is 12.2. The van der Waals surface area contributed by atoms with Gasteiger partial charge in [0, 0.05) is 42.7 Å². The number of nitrogens with zero attached hydrogens (tertiary/aromatic N) is 3. The summed E-state index contributed by atoms with van der Waals surface area (Å²) < 4.78 is 6.37. The summed E-state index contributed by atoms with van der Waals surface area (Å²) >= 11 is 1.58. The number of thiazole rings is 1. The summed E-state index contributed by atoms with van der Waals surface area (Å²) in [5.41, 5.74) is 5.67. The molecule has 0 bridgehead atoms. The van der Waals surface area contributed by atoms with E-state index in [0.717, 1.165) is 70.3 Å². The molecule has 0 saturated carbocycles. The Morgan fingerprint density at radius 1 is 1.05 bits per heavy atom. The number of carboxylic acid groups (broad SMARTS) is 1. The quantitative estimate of drug-likeness (QED) is 0.441. The number of likely N-dealkylation sites (tertiary alicyclic amines) is 1. The van der Waals surface area contributed by atoms with Gasteiger partial charge in [0.25, 0.3) is 5.91 Å². The Morgan fingerprint density at radius 3 is 2.51 bits per heavy atom. The molecular weight excluding hydrogens is 486 g/mol. The molecular formula is C29H33N3O4S. The largest absolute Gasteiger partial charge is 0.488 e. The van der Waals surface area contributed by atoms with Crippen LogP contribution in [0.1, 0.15) is 52.7 Å². The van der Waals surface area contributed by atoms with Crippen molar-refractivity contribution in [2.45, 2.75) is 46.1 Å². The lowest BCUT2D eigenvalue weighted by molar-refractivity contribution is -0.142. The molecule has 7 nitrogen and oxygen atoms in total. The van der Waals surface area contributed by atoms with Crippen molar-refractivity contribution in [2.24, 2.45) is 5.92 Å². The van der Waals surface area contributed by atoms with Crippen LogP contribution < -0.4 is 9.64 Å². The van der Waals surface area contributed by atoms with Crippen molar-refractivity contribution in [3.8, 4) is 17.0 Å². The normalized spacial score (nSPS) is 16.3. The van der Waals surface area contributed by atoms with E-state index >= 15 is 0 Å². The van der Waals surface area contributed by atoms with Crippen LogP contribution in [-0.4, -0.2) is 53.0 Å². The smallest absolute Gasteiger partial charge is 0.306 e. The van der Waals surface area contributed by atoms with E-state index in [1.807, 2.05) is 60.5 Å². The maximum Gasteiger partial charge on any atom is 0.306 e. The van der Waals surface area contributed by atoms with Crippen LogP contribution in [0.2, 0.25) is 0 Å². The highest BCUT2D eigenvalue weighted by Gasteiger charge is 2.26. The SMILES string of the molecule is Cc1cc(C(=O)N2CCCC2)ccc1COc1c(C)cccc1-c1csc(N2CCC(C(=O)O)CC2)n1. The highest BCUT2D eigenvalue weighted by molar-refractivity contribution is 7.14. The molecule has 2 aliphatic heterocycles. The van der Waals surface area contributed by atoms with E-state index in [1.54, 1.807) is 11.3 Å². The number of hydrogen-bond donors (Lipinski definition) is 1. The first-order valence-electron chi connectivity index (χ1n) is 13.0. The number of carbonyl (C=O) groups is 2. The van der Waals surface area contributed by atoms with E-state index in [9.17, 15) is 14.7 Å². The van der Waals surface area contributed by atoms with Gasteiger partial charge >= 0.3 is 5.97 Å². The van der Waals surface area contributed by atoms with Crippen LogP contribution >= 0.6 is 11.3 Å². The number of anilines is 1. The van der Waals surface area contributed by atoms with Gasteiger partial charge in [0.2, 0.25) is 0 Å². The van der Waals surface area contributed by atoms with Crippen LogP contribution in [0, 0.1) is 19.8 Å². The molecule has 8 heteroatoms. The molecule has 5 rings (SSSR count). The summed E-state index contributed by atoms with van der Waals surface area (Å²) in [4.78, 5) is 33.0. The number of carboxylic acids is 1. The summed E-state index contributed by atoms with van der Waals surface area (Å²) in [6.07, 6.45) is 3.45. The molecule has 194 valence electrons. The molecule has 0 atom stereocenters. The fourth-order valence-electron chi connectivity index (χ4n) is 5.14. The van der Waals surface area contributed by atoms with Crippen LogP contribution in [0.15, 0.2) is 41.8 Å². The molecule has 3 aromatic rings. The van der Waals surface area contributed by atoms with Crippen molar-refractivity contribution < 1.29 is 19.4 Å². The average molecular weight is 520 g/mol. The standard InChI is InChI=1S/C29H33N3O4S/c1-19-6-5-7-24(25-18-37-29(30-25)32-14-10-21(11-15-32)28(34)35)26(19)36-17-23-9-8-22(16-20(23)2)27(33)31-12-3-4-13-31/h5-9,16,18,21H,3-4,10-15,17H2,1-2H3,(H,34,35). The molecule has 3 heterocycles. The lowest BCUT2D eigenvalue weighted by Gasteiger charge is -2.29. The van der Waals surface area contributed by atoms with Crippen LogP contribution in [-0.2, 0) is 11.4 Å². The average Bonchev–Trinajstić information content (AvgIpc) is 3.61. The first kappa shape index (κ1) is 25.3. The van der Waals surface area contributed by atoms with Gasteiger partial charge < -0.3 is 19.6 Å². The molecule has 2 fully saturated rings. The van der Waals surface area contributed by atoms with Gasteiger partial charge in [-0.25, -0.2) is 4.98 Å². The second-order valence-corrected chi connectivity index (χ2v) is 10.8. The van der Waals surface area contributed by atoms with Gasteiger partial charge in [0.1, 0.15) is 12.4 Å². The Labute approximate surface area is 221 Å². The van der Waals surface area contributed by atoms with Gasteiger partial charge in [-0.2, -0.15) is 0 Å². The third kappa shape index (κ3) is 5.49. The highest BCUT2D eigenvalue weighted by Crippen LogP contribution is 2.37. The van der Waals surface area contributed by atoms with Gasteiger partial charge in [-0.1, -0.05) is 18.2 Å². The molecule has 0 aliphatic carbocycles. The molecule has 1 N–H and O–H groups in total. The predicted octanol–water partition coefficient (Wildman–Crippen LogP) is 5.54. The van der Waals surface area contributed by atoms with E-state index in [1.165, 1.54) is 0 Å². The lowest BCUT2D eigenvalue weighted by Crippen LogP contribution is -2.36. The molecule has 2 saturated heterocycles. The van der Waals surface area contributed by atoms with Gasteiger partial charge in [-0.15, -0.1) is 11.3 Å². The molecule has 1 aromatic heterocycles. The van der Waals surface area contributed by atoms with Crippen molar-refractivity contribution in [1.29, 1.82) is 0 Å². The summed E-state index contributed by atoms with van der Waals surface area (Å²) in [5.74, 6) is -0.0475. The number of piperidine rings is 1. The van der Waals surface area contributed by atoms with Crippen molar-refractivity contribution >= 4 is 28.3 Å². The van der Waals surface area contributed by atoms with Crippen LogP contribution in [0.25, 0.3) is 11.3 Å². The van der Waals surface area contributed by atoms with E-state index in [4.69, 9.17) is 9.72 Å². The van der Waals surface area contributed by atoms with E-state index < -0.39 is 5.97 Å². The molecule has 37 heavy (non-hydrogen) atoms. The maximum atomic E-state index is 12.8. The Balaban J connectivity index is 1.29. The van der Waals surface area contributed by atoms with Gasteiger partial charge in [0.05, 0.1) is 11.6 Å². The molecule has 1 amide bonds. The zero-order valence-corrected chi connectivity index (χ0v) is 22.2. The van der Waals surface area contributed by atoms with E-state index in [2.05, 4.69) is 4.90 Å². The van der Waals surface area contributed by atoms with Gasteiger partial charge in [-0.05, 0) is 74.4 Å². The minimum Gasteiger partial charge on any atom is -0.488 e. The summed E-state index contributed by atoms with van der Waals surface area (Å²) in [6, 6.07) is 12.0. The second kappa shape index (κ2) is 10.9. The molecule has 0 radical (unpaired) electrons. The summed E-state index contributed by atoms with van der Waals surface area (Å²) in [7, 11) is 0. The number of aliphatic carboxylic acids is 1. The first-order chi connectivity index (χ1) is 17.9. The number of carbonyl (C=O) groups excluding carboxylic acids is 1. The molecule has 0 unspecified atom stereocenters. The number of benzene rings is 2. The van der Waals surface area contributed by atoms with Crippen molar-refractivity contribution in [3.05, 3.63) is 64.0 Å². The van der Waals surface area contributed by atoms with Crippen LogP contribution in [0.3, 0.4) is 0 Å². The van der Waals surface area contributed by atoms with E-state index in [-0.39, 0.29) is 11.8 Å². The number of ether oxygens (including phenoxy) is 1. The minimum absolute atomic E-state index is 0.112. The molecule has 2 aromatic carbocycles. The summed E-state index contributed by atoms with van der Waals surface area (Å²) in [6.45, 7) is 7.57. The Kier molecular flexibility index (Phi) is 7.46. The number of aryl methyl sites for hydroxylation is 2. The molecule has 0 spiro atoms. The van der Waals surface area contributed by atoms with Crippen molar-refractivity contribution in [2.75, 3.05) is 31.1 Å². The van der Waals surface area contributed by atoms with E-state index in [0.29, 0.717) is 32.5 Å². The van der Waals surface area contributed by atoms with Crippen LogP contribution in [0.5, 0.6) is 5.75 Å². The topological polar surface area (TPSA) is 83.0 Å². The first-order valence-corrected chi connectivity index (χ1v) is 13.8. The van der Waals surface area contributed by atoms with Crippen molar-refractivity contribution in [3.63, 3.8) is 0 Å². The van der Waals surface area contributed by atoms with Gasteiger partial charge in [-0.3, -0.25) is 9.59 Å². The third-order valence-electron chi connectivity index (χ3n) is 7.45. The predicted molar refractivity (Wildman–Crippen MR) is 146 cm³/mol.